The maximum atomic E-state index is 12.2. The van der Waals surface area contributed by atoms with Crippen LogP contribution in [-0.2, 0) is 24.3 Å². The average Bonchev–Trinajstić information content (AvgIpc) is 3.56. The van der Waals surface area contributed by atoms with Crippen LogP contribution in [0.4, 0.5) is 0 Å². The van der Waals surface area contributed by atoms with Gasteiger partial charge < -0.3 is 10.2 Å². The van der Waals surface area contributed by atoms with Gasteiger partial charge in [0.2, 0.25) is 5.91 Å². The molecule has 1 N–H and O–H groups in total. The second-order valence-corrected chi connectivity index (χ2v) is 11.2. The molecule has 3 aliphatic rings. The molecule has 1 aromatic carbocycles. The predicted molar refractivity (Wildman–Crippen MR) is 147 cm³/mol. The Kier molecular flexibility index (Phi) is 5.99. The average molecular weight is 510 g/mol. The summed E-state index contributed by atoms with van der Waals surface area (Å²) in [5, 5.41) is 15.5. The maximum absolute atomic E-state index is 12.2. The second-order valence-electron chi connectivity index (χ2n) is 11.2. The molecule has 1 aliphatic carbocycles. The van der Waals surface area contributed by atoms with Crippen molar-refractivity contribution in [1.29, 1.82) is 0 Å². The van der Waals surface area contributed by atoms with Crippen LogP contribution in [0.25, 0.3) is 33.3 Å². The summed E-state index contributed by atoms with van der Waals surface area (Å²) in [5.74, 6) is 0.916. The minimum absolute atomic E-state index is 0.126. The molecule has 3 aromatic heterocycles. The number of carbonyl (C=O) groups excluding carboxylic acids is 1. The fourth-order valence-corrected chi connectivity index (χ4v) is 6.19. The van der Waals surface area contributed by atoms with Gasteiger partial charge in [-0.05, 0) is 62.6 Å². The lowest BCUT2D eigenvalue weighted by Gasteiger charge is -2.27. The number of hydrogen-bond acceptors (Lipinski definition) is 5. The van der Waals surface area contributed by atoms with Gasteiger partial charge in [0.15, 0.2) is 0 Å². The lowest BCUT2D eigenvalue weighted by molar-refractivity contribution is -0.129. The smallest absolute Gasteiger partial charge is 0.219 e. The molecule has 8 nitrogen and oxygen atoms in total. The molecule has 0 unspecified atom stereocenters. The van der Waals surface area contributed by atoms with Gasteiger partial charge in [-0.1, -0.05) is 18.2 Å². The fraction of sp³-hybridized carbons (Fsp3) is 0.467. The number of nitrogens with zero attached hydrogens (tertiary/aromatic N) is 6. The number of benzene rings is 1. The fourth-order valence-electron chi connectivity index (χ4n) is 6.19. The number of aromatic nitrogens is 5. The van der Waals surface area contributed by atoms with Crippen molar-refractivity contribution in [3.63, 3.8) is 0 Å². The number of amides is 1. The Morgan fingerprint density at radius 3 is 2.82 bits per heavy atom. The quantitative estimate of drug-likeness (QED) is 0.411. The number of fused-ring (bicyclic) bond motifs is 2. The first-order valence-corrected chi connectivity index (χ1v) is 14.1. The molecule has 1 saturated heterocycles. The van der Waals surface area contributed by atoms with Crippen LogP contribution in [0, 0.1) is 5.92 Å². The Hall–Kier alpha value is -3.52. The van der Waals surface area contributed by atoms with Crippen LogP contribution in [0.1, 0.15) is 56.3 Å². The van der Waals surface area contributed by atoms with E-state index in [2.05, 4.69) is 50.2 Å². The molecule has 0 spiro atoms. The van der Waals surface area contributed by atoms with E-state index in [0.717, 1.165) is 71.8 Å². The Balaban J connectivity index is 1.19. The number of carbonyl (C=O) groups is 1. The molecule has 4 aromatic rings. The van der Waals surface area contributed by atoms with Gasteiger partial charge in [0, 0.05) is 73.1 Å². The second kappa shape index (κ2) is 9.66. The zero-order chi connectivity index (χ0) is 25.6. The molecular weight excluding hydrogens is 474 g/mol. The summed E-state index contributed by atoms with van der Waals surface area (Å²) in [5.41, 5.74) is 6.60. The molecule has 2 aliphatic heterocycles. The number of rotatable bonds is 6. The van der Waals surface area contributed by atoms with Gasteiger partial charge >= 0.3 is 0 Å². The van der Waals surface area contributed by atoms with Crippen LogP contribution in [0.5, 0.6) is 0 Å². The van der Waals surface area contributed by atoms with Gasteiger partial charge in [-0.2, -0.15) is 10.2 Å². The standard InChI is InChI=1S/C30H35N7O/c1-20(38)35-13-10-29-27(19-35)30(34-37(29)24-5-6-24)25-4-2-3-22-15-28(32-17-26(22)25)23-16-33-36(18-23)14-9-21-7-11-31-12-8-21/h2-4,15-18,21,24,31H,5-14,19H2,1H3. The highest BCUT2D eigenvalue weighted by molar-refractivity contribution is 5.97. The van der Waals surface area contributed by atoms with Crippen molar-refractivity contribution >= 4 is 16.7 Å². The number of nitrogens with one attached hydrogen (secondary N) is 1. The van der Waals surface area contributed by atoms with E-state index in [1.54, 1.807) is 6.92 Å². The summed E-state index contributed by atoms with van der Waals surface area (Å²) >= 11 is 0. The van der Waals surface area contributed by atoms with Crippen molar-refractivity contribution in [2.75, 3.05) is 19.6 Å². The van der Waals surface area contributed by atoms with Gasteiger partial charge in [0.05, 0.1) is 23.6 Å². The lowest BCUT2D eigenvalue weighted by Crippen LogP contribution is -2.34. The zero-order valence-corrected chi connectivity index (χ0v) is 22.1. The van der Waals surface area contributed by atoms with Crippen LogP contribution in [-0.4, -0.2) is 55.0 Å². The van der Waals surface area contributed by atoms with Gasteiger partial charge in [-0.15, -0.1) is 0 Å². The molecule has 0 bridgehead atoms. The lowest BCUT2D eigenvalue weighted by atomic mass is 9.95. The van der Waals surface area contributed by atoms with Crippen molar-refractivity contribution in [2.24, 2.45) is 5.92 Å². The minimum Gasteiger partial charge on any atom is -0.338 e. The molecule has 2 fully saturated rings. The summed E-state index contributed by atoms with van der Waals surface area (Å²) in [6.45, 7) is 6.29. The molecule has 0 radical (unpaired) electrons. The zero-order valence-electron chi connectivity index (χ0n) is 22.1. The molecule has 1 amide bonds. The first kappa shape index (κ1) is 23.6. The van der Waals surface area contributed by atoms with E-state index in [4.69, 9.17) is 10.1 Å². The summed E-state index contributed by atoms with van der Waals surface area (Å²) in [7, 11) is 0. The van der Waals surface area contributed by atoms with E-state index in [1.807, 2.05) is 17.3 Å². The maximum Gasteiger partial charge on any atom is 0.219 e. The topological polar surface area (TPSA) is 80.9 Å². The highest BCUT2D eigenvalue weighted by Gasteiger charge is 2.33. The van der Waals surface area contributed by atoms with E-state index >= 15 is 0 Å². The highest BCUT2D eigenvalue weighted by atomic mass is 16.2. The van der Waals surface area contributed by atoms with Gasteiger partial charge in [-0.25, -0.2) is 0 Å². The van der Waals surface area contributed by atoms with Crippen molar-refractivity contribution < 1.29 is 4.79 Å². The number of piperidine rings is 1. The highest BCUT2D eigenvalue weighted by Crippen LogP contribution is 2.41. The Morgan fingerprint density at radius 1 is 1.13 bits per heavy atom. The summed E-state index contributed by atoms with van der Waals surface area (Å²) < 4.78 is 4.32. The summed E-state index contributed by atoms with van der Waals surface area (Å²) in [6, 6.07) is 9.08. The summed E-state index contributed by atoms with van der Waals surface area (Å²) in [6.07, 6.45) is 13.0. The normalized spacial score (nSPS) is 18.2. The van der Waals surface area contributed by atoms with E-state index in [0.29, 0.717) is 12.6 Å². The first-order valence-electron chi connectivity index (χ1n) is 14.1. The van der Waals surface area contributed by atoms with E-state index in [-0.39, 0.29) is 5.91 Å². The van der Waals surface area contributed by atoms with E-state index in [9.17, 15) is 4.79 Å². The van der Waals surface area contributed by atoms with Crippen LogP contribution < -0.4 is 5.32 Å². The van der Waals surface area contributed by atoms with Crippen molar-refractivity contribution in [1.82, 2.24) is 34.8 Å². The molecule has 196 valence electrons. The number of pyridine rings is 1. The predicted octanol–water partition coefficient (Wildman–Crippen LogP) is 4.59. The number of aryl methyl sites for hydroxylation is 1. The van der Waals surface area contributed by atoms with Crippen molar-refractivity contribution in [3.8, 4) is 22.5 Å². The largest absolute Gasteiger partial charge is 0.338 e. The van der Waals surface area contributed by atoms with E-state index in [1.165, 1.54) is 43.4 Å². The van der Waals surface area contributed by atoms with Crippen molar-refractivity contribution in [2.45, 2.75) is 64.6 Å². The molecule has 5 heterocycles. The molecule has 8 heteroatoms. The Morgan fingerprint density at radius 2 is 2.00 bits per heavy atom. The molecule has 0 atom stereocenters. The minimum atomic E-state index is 0.126. The van der Waals surface area contributed by atoms with Crippen LogP contribution in [0.2, 0.25) is 0 Å². The van der Waals surface area contributed by atoms with Crippen LogP contribution in [0.15, 0.2) is 42.9 Å². The summed E-state index contributed by atoms with van der Waals surface area (Å²) in [4.78, 5) is 19.0. The third-order valence-corrected chi connectivity index (χ3v) is 8.60. The third kappa shape index (κ3) is 4.41. The molecular formula is C30H35N7O. The van der Waals surface area contributed by atoms with Gasteiger partial charge in [0.25, 0.3) is 0 Å². The molecule has 7 rings (SSSR count). The molecule has 1 saturated carbocycles. The van der Waals surface area contributed by atoms with E-state index < -0.39 is 0 Å². The van der Waals surface area contributed by atoms with Crippen molar-refractivity contribution in [3.05, 3.63) is 54.1 Å². The monoisotopic (exact) mass is 509 g/mol. The Bertz CT molecular complexity index is 1490. The SMILES string of the molecule is CC(=O)N1CCc2c(c(-c3cccc4cc(-c5cnn(CCC6CCNCC6)c5)ncc34)nn2C2CC2)C1. The molecule has 38 heavy (non-hydrogen) atoms. The Labute approximate surface area is 223 Å². The van der Waals surface area contributed by atoms with Gasteiger partial charge in [0.1, 0.15) is 0 Å². The first-order chi connectivity index (χ1) is 18.6. The van der Waals surface area contributed by atoms with Crippen LogP contribution >= 0.6 is 0 Å². The van der Waals surface area contributed by atoms with Gasteiger partial charge in [-0.3, -0.25) is 19.1 Å². The number of hydrogen-bond donors (Lipinski definition) is 1. The third-order valence-electron chi connectivity index (χ3n) is 8.60. The van der Waals surface area contributed by atoms with Crippen LogP contribution in [0.3, 0.4) is 0 Å².